The van der Waals surface area contributed by atoms with Crippen molar-refractivity contribution in [2.75, 3.05) is 19.1 Å². The highest BCUT2D eigenvalue weighted by molar-refractivity contribution is 6.17. The first-order valence-electron chi connectivity index (χ1n) is 5.67. The van der Waals surface area contributed by atoms with Crippen LogP contribution in [0.25, 0.3) is 0 Å². The fourth-order valence-corrected chi connectivity index (χ4v) is 1.96. The number of unbranched alkanes of at least 4 members (excludes halogenated alkanes) is 1. The summed E-state index contributed by atoms with van der Waals surface area (Å²) in [5, 5.41) is 3.02. The van der Waals surface area contributed by atoms with Crippen molar-refractivity contribution < 1.29 is 9.53 Å². The highest BCUT2D eigenvalue weighted by atomic mass is 35.5. The van der Waals surface area contributed by atoms with Gasteiger partial charge in [0.1, 0.15) is 0 Å². The molecule has 1 saturated heterocycles. The summed E-state index contributed by atoms with van der Waals surface area (Å²) in [6.45, 7) is 3.67. The van der Waals surface area contributed by atoms with E-state index >= 15 is 0 Å². The van der Waals surface area contributed by atoms with Crippen molar-refractivity contribution >= 4 is 17.5 Å². The van der Waals surface area contributed by atoms with Crippen molar-refractivity contribution in [3.05, 3.63) is 0 Å². The van der Waals surface area contributed by atoms with Crippen LogP contribution in [0.4, 0.5) is 0 Å². The molecule has 15 heavy (non-hydrogen) atoms. The van der Waals surface area contributed by atoms with Gasteiger partial charge >= 0.3 is 0 Å². The van der Waals surface area contributed by atoms with Gasteiger partial charge < -0.3 is 10.1 Å². The summed E-state index contributed by atoms with van der Waals surface area (Å²) in [7, 11) is 0. The molecule has 1 rings (SSSR count). The number of carbonyl (C=O) groups excluding carboxylic acids is 1. The summed E-state index contributed by atoms with van der Waals surface area (Å²) in [5.41, 5.74) is 0. The van der Waals surface area contributed by atoms with E-state index in [9.17, 15) is 4.79 Å². The predicted octanol–water partition coefficient (Wildman–Crippen LogP) is 1.94. The van der Waals surface area contributed by atoms with Crippen LogP contribution in [0.2, 0.25) is 0 Å². The zero-order chi connectivity index (χ0) is 11.1. The average Bonchev–Trinajstić information content (AvgIpc) is 2.70. The van der Waals surface area contributed by atoms with E-state index in [1.54, 1.807) is 0 Å². The van der Waals surface area contributed by atoms with Gasteiger partial charge in [0.25, 0.3) is 0 Å². The Morgan fingerprint density at radius 2 is 2.40 bits per heavy atom. The molecule has 88 valence electrons. The maximum atomic E-state index is 11.5. The summed E-state index contributed by atoms with van der Waals surface area (Å²) in [6.07, 6.45) is 3.44. The number of alkyl halides is 1. The van der Waals surface area contributed by atoms with E-state index in [1.807, 2.05) is 0 Å². The van der Waals surface area contributed by atoms with Gasteiger partial charge in [-0.1, -0.05) is 0 Å². The lowest BCUT2D eigenvalue weighted by molar-refractivity contribution is -0.122. The lowest BCUT2D eigenvalue weighted by Crippen LogP contribution is -2.38. The average molecular weight is 234 g/mol. The maximum Gasteiger partial charge on any atom is 0.220 e. The second-order valence-corrected chi connectivity index (χ2v) is 4.50. The summed E-state index contributed by atoms with van der Waals surface area (Å²) >= 11 is 5.55. The Hall–Kier alpha value is -0.280. The largest absolute Gasteiger partial charge is 0.381 e. The van der Waals surface area contributed by atoms with Gasteiger partial charge in [0.2, 0.25) is 5.91 Å². The van der Waals surface area contributed by atoms with Crippen LogP contribution < -0.4 is 5.32 Å². The second-order valence-electron chi connectivity index (χ2n) is 4.13. The molecule has 1 aliphatic rings. The molecule has 1 heterocycles. The molecular weight excluding hydrogens is 214 g/mol. The van der Waals surface area contributed by atoms with Gasteiger partial charge in [0.05, 0.1) is 6.61 Å². The molecule has 0 aromatic heterocycles. The molecule has 1 fully saturated rings. The summed E-state index contributed by atoms with van der Waals surface area (Å²) < 4.78 is 5.29. The second kappa shape index (κ2) is 7.07. The van der Waals surface area contributed by atoms with E-state index in [2.05, 4.69) is 12.2 Å². The van der Waals surface area contributed by atoms with Gasteiger partial charge in [0, 0.05) is 30.9 Å². The number of carbonyl (C=O) groups is 1. The van der Waals surface area contributed by atoms with Crippen molar-refractivity contribution in [3.8, 4) is 0 Å². The SMILES string of the molecule is CC(NC(=O)CCCCCl)C1CCOC1. The molecule has 0 spiro atoms. The Kier molecular flexibility index (Phi) is 6.03. The number of halogens is 1. The maximum absolute atomic E-state index is 11.5. The molecule has 1 N–H and O–H groups in total. The number of amides is 1. The monoisotopic (exact) mass is 233 g/mol. The van der Waals surface area contributed by atoms with Crippen molar-refractivity contribution in [2.24, 2.45) is 5.92 Å². The van der Waals surface area contributed by atoms with Crippen LogP contribution in [0.5, 0.6) is 0 Å². The quantitative estimate of drug-likeness (QED) is 0.563. The zero-order valence-electron chi connectivity index (χ0n) is 9.30. The van der Waals surface area contributed by atoms with Crippen molar-refractivity contribution in [1.82, 2.24) is 5.32 Å². The minimum atomic E-state index is 0.138. The Morgan fingerprint density at radius 3 is 3.00 bits per heavy atom. The Morgan fingerprint density at radius 1 is 1.60 bits per heavy atom. The highest BCUT2D eigenvalue weighted by Crippen LogP contribution is 2.16. The van der Waals surface area contributed by atoms with Crippen LogP contribution >= 0.6 is 11.6 Å². The van der Waals surface area contributed by atoms with Crippen molar-refractivity contribution in [2.45, 2.75) is 38.6 Å². The number of nitrogens with one attached hydrogen (secondary N) is 1. The fourth-order valence-electron chi connectivity index (χ4n) is 1.77. The van der Waals surface area contributed by atoms with Gasteiger partial charge in [0.15, 0.2) is 0 Å². The van der Waals surface area contributed by atoms with E-state index in [0.29, 0.717) is 18.2 Å². The fraction of sp³-hybridized carbons (Fsp3) is 0.909. The topological polar surface area (TPSA) is 38.3 Å². The molecule has 0 bridgehead atoms. The highest BCUT2D eigenvalue weighted by Gasteiger charge is 2.23. The molecule has 0 saturated carbocycles. The zero-order valence-corrected chi connectivity index (χ0v) is 10.1. The first kappa shape index (κ1) is 12.8. The van der Waals surface area contributed by atoms with Crippen molar-refractivity contribution in [1.29, 1.82) is 0 Å². The lowest BCUT2D eigenvalue weighted by atomic mass is 10.0. The molecule has 0 aromatic rings. The number of hydrogen-bond donors (Lipinski definition) is 1. The van der Waals surface area contributed by atoms with Crippen LogP contribution in [0.15, 0.2) is 0 Å². The van der Waals surface area contributed by atoms with E-state index in [-0.39, 0.29) is 11.9 Å². The Bertz CT molecular complexity index is 193. The van der Waals surface area contributed by atoms with Gasteiger partial charge in [-0.3, -0.25) is 4.79 Å². The van der Waals surface area contributed by atoms with E-state index < -0.39 is 0 Å². The molecule has 0 radical (unpaired) electrons. The van der Waals surface area contributed by atoms with Crippen LogP contribution in [0.3, 0.4) is 0 Å². The minimum absolute atomic E-state index is 0.138. The van der Waals surface area contributed by atoms with Crippen molar-refractivity contribution in [3.63, 3.8) is 0 Å². The first-order chi connectivity index (χ1) is 7.24. The van der Waals surface area contributed by atoms with Crippen LogP contribution in [-0.4, -0.2) is 31.0 Å². The number of rotatable bonds is 6. The Labute approximate surface area is 96.5 Å². The molecule has 1 aliphatic heterocycles. The summed E-state index contributed by atoms with van der Waals surface area (Å²) in [5.74, 6) is 1.26. The summed E-state index contributed by atoms with van der Waals surface area (Å²) in [4.78, 5) is 11.5. The molecule has 2 atom stereocenters. The third-order valence-electron chi connectivity index (χ3n) is 2.85. The van der Waals surface area contributed by atoms with Gasteiger partial charge in [-0.2, -0.15) is 0 Å². The first-order valence-corrected chi connectivity index (χ1v) is 6.20. The summed E-state index contributed by atoms with van der Waals surface area (Å²) in [6, 6.07) is 0.232. The molecular formula is C11H20ClNO2. The normalized spacial score (nSPS) is 22.7. The molecule has 2 unspecified atom stereocenters. The third kappa shape index (κ3) is 4.85. The molecule has 3 nitrogen and oxygen atoms in total. The van der Waals surface area contributed by atoms with E-state index in [1.165, 1.54) is 0 Å². The van der Waals surface area contributed by atoms with Gasteiger partial charge in [-0.25, -0.2) is 0 Å². The van der Waals surface area contributed by atoms with Gasteiger partial charge in [-0.15, -0.1) is 11.6 Å². The Balaban J connectivity index is 2.13. The number of hydrogen-bond acceptors (Lipinski definition) is 2. The van der Waals surface area contributed by atoms with Crippen LogP contribution in [0.1, 0.15) is 32.6 Å². The smallest absolute Gasteiger partial charge is 0.220 e. The van der Waals surface area contributed by atoms with Gasteiger partial charge in [-0.05, 0) is 26.2 Å². The van der Waals surface area contributed by atoms with Crippen LogP contribution in [0, 0.1) is 5.92 Å². The third-order valence-corrected chi connectivity index (χ3v) is 3.12. The molecule has 0 aromatic carbocycles. The standard InChI is InChI=1S/C11H20ClNO2/c1-9(10-5-7-15-8-10)13-11(14)4-2-3-6-12/h9-10H,2-8H2,1H3,(H,13,14). The predicted molar refractivity (Wildman–Crippen MR) is 61.1 cm³/mol. The molecule has 0 aliphatic carbocycles. The lowest BCUT2D eigenvalue weighted by Gasteiger charge is -2.19. The van der Waals surface area contributed by atoms with Crippen LogP contribution in [-0.2, 0) is 9.53 Å². The number of ether oxygens (including phenoxy) is 1. The van der Waals surface area contributed by atoms with E-state index in [0.717, 1.165) is 32.5 Å². The molecule has 4 heteroatoms. The minimum Gasteiger partial charge on any atom is -0.381 e. The molecule has 1 amide bonds. The van der Waals surface area contributed by atoms with E-state index in [4.69, 9.17) is 16.3 Å².